The number of rotatable bonds is 5. The van der Waals surface area contributed by atoms with Crippen molar-refractivity contribution in [1.82, 2.24) is 15.1 Å². The summed E-state index contributed by atoms with van der Waals surface area (Å²) in [5.74, 6) is 0.569. The van der Waals surface area contributed by atoms with Gasteiger partial charge in [-0.25, -0.2) is 0 Å². The highest BCUT2D eigenvalue weighted by atomic mass is 35.5. The van der Waals surface area contributed by atoms with E-state index < -0.39 is 0 Å². The van der Waals surface area contributed by atoms with Crippen molar-refractivity contribution in [1.29, 1.82) is 0 Å². The van der Waals surface area contributed by atoms with Gasteiger partial charge in [0.15, 0.2) is 0 Å². The summed E-state index contributed by atoms with van der Waals surface area (Å²) in [5.41, 5.74) is 1.39. The van der Waals surface area contributed by atoms with Crippen LogP contribution in [-0.4, -0.2) is 27.6 Å². The Labute approximate surface area is 101 Å². The van der Waals surface area contributed by atoms with Crippen molar-refractivity contribution in [3.63, 3.8) is 0 Å². The molecule has 0 radical (unpaired) electrons. The van der Waals surface area contributed by atoms with Gasteiger partial charge in [0.25, 0.3) is 5.91 Å². The molecule has 0 saturated heterocycles. The zero-order valence-corrected chi connectivity index (χ0v) is 10.7. The minimum Gasteiger partial charge on any atom is -0.349 e. The van der Waals surface area contributed by atoms with Gasteiger partial charge >= 0.3 is 0 Å². The van der Waals surface area contributed by atoms with E-state index in [9.17, 15) is 4.79 Å². The monoisotopic (exact) mass is 243 g/mol. The average Bonchev–Trinajstić information content (AvgIpc) is 2.54. The summed E-state index contributed by atoms with van der Waals surface area (Å²) in [7, 11) is 1.81. The lowest BCUT2D eigenvalue weighted by Gasteiger charge is -2.12. The fourth-order valence-corrected chi connectivity index (χ4v) is 1.73. The van der Waals surface area contributed by atoms with E-state index in [2.05, 4.69) is 10.4 Å². The Kier molecular flexibility index (Phi) is 4.80. The number of aromatic nitrogens is 2. The van der Waals surface area contributed by atoms with E-state index in [1.807, 2.05) is 13.8 Å². The second kappa shape index (κ2) is 5.89. The molecule has 1 aromatic rings. The molecule has 0 spiro atoms. The van der Waals surface area contributed by atoms with Gasteiger partial charge in [-0.2, -0.15) is 5.10 Å². The van der Waals surface area contributed by atoms with Crippen molar-refractivity contribution < 1.29 is 4.79 Å². The van der Waals surface area contributed by atoms with Gasteiger partial charge in [0, 0.05) is 25.2 Å². The van der Waals surface area contributed by atoms with Crippen LogP contribution in [0, 0.1) is 6.92 Å². The average molecular weight is 244 g/mol. The third-order valence-electron chi connectivity index (χ3n) is 2.41. The highest BCUT2D eigenvalue weighted by Gasteiger charge is 2.14. The molecule has 0 saturated carbocycles. The van der Waals surface area contributed by atoms with Crippen LogP contribution in [0.3, 0.4) is 0 Å². The maximum absolute atomic E-state index is 11.9. The van der Waals surface area contributed by atoms with Crippen molar-refractivity contribution >= 4 is 17.5 Å². The van der Waals surface area contributed by atoms with Gasteiger partial charge in [-0.15, -0.1) is 11.6 Å². The molecular weight excluding hydrogens is 226 g/mol. The van der Waals surface area contributed by atoms with Crippen LogP contribution in [0.15, 0.2) is 6.20 Å². The number of hydrogen-bond donors (Lipinski definition) is 1. The zero-order valence-electron chi connectivity index (χ0n) is 9.96. The van der Waals surface area contributed by atoms with E-state index in [1.165, 1.54) is 0 Å². The molecule has 1 atom stereocenters. The Bertz CT molecular complexity index is 362. The minimum absolute atomic E-state index is 0.0623. The number of carbonyl (C=O) groups is 1. The summed E-state index contributed by atoms with van der Waals surface area (Å²) in [6.45, 7) is 3.81. The smallest absolute Gasteiger partial charge is 0.254 e. The minimum atomic E-state index is -0.0623. The molecule has 1 N–H and O–H groups in total. The largest absolute Gasteiger partial charge is 0.349 e. The number of hydrogen-bond acceptors (Lipinski definition) is 2. The maximum Gasteiger partial charge on any atom is 0.254 e. The van der Waals surface area contributed by atoms with Crippen molar-refractivity contribution in [3.8, 4) is 0 Å². The molecule has 4 nitrogen and oxygen atoms in total. The topological polar surface area (TPSA) is 46.9 Å². The number of aryl methyl sites for hydroxylation is 2. The van der Waals surface area contributed by atoms with Crippen LogP contribution in [0.5, 0.6) is 0 Å². The molecule has 0 bridgehead atoms. The number of amides is 1. The standard InChI is InChI=1S/C11H18ClN3O/c1-8(5-4-6-12)13-11(16)10-7-15(3)14-9(10)2/h7-8H,4-6H2,1-3H3,(H,13,16). The Balaban J connectivity index is 2.55. The molecule has 1 unspecified atom stereocenters. The number of nitrogens with zero attached hydrogens (tertiary/aromatic N) is 2. The summed E-state index contributed by atoms with van der Waals surface area (Å²) >= 11 is 5.60. The summed E-state index contributed by atoms with van der Waals surface area (Å²) in [4.78, 5) is 11.9. The van der Waals surface area contributed by atoms with Gasteiger partial charge in [-0.05, 0) is 26.7 Å². The SMILES string of the molecule is Cc1nn(C)cc1C(=O)NC(C)CCCCl. The van der Waals surface area contributed by atoms with E-state index >= 15 is 0 Å². The Hall–Kier alpha value is -1.03. The Morgan fingerprint density at radius 2 is 2.38 bits per heavy atom. The second-order valence-corrected chi connectivity index (χ2v) is 4.39. The van der Waals surface area contributed by atoms with Crippen molar-refractivity contribution in [3.05, 3.63) is 17.5 Å². The first-order chi connectivity index (χ1) is 7.54. The predicted molar refractivity (Wildman–Crippen MR) is 64.8 cm³/mol. The molecular formula is C11H18ClN3O. The quantitative estimate of drug-likeness (QED) is 0.803. The molecule has 0 aliphatic heterocycles. The zero-order chi connectivity index (χ0) is 12.1. The van der Waals surface area contributed by atoms with E-state index in [1.54, 1.807) is 17.9 Å². The summed E-state index contributed by atoms with van der Waals surface area (Å²) in [5, 5.41) is 7.07. The number of alkyl halides is 1. The lowest BCUT2D eigenvalue weighted by atomic mass is 10.1. The van der Waals surface area contributed by atoms with Crippen LogP contribution in [0.4, 0.5) is 0 Å². The maximum atomic E-state index is 11.9. The summed E-state index contributed by atoms with van der Waals surface area (Å²) < 4.78 is 1.65. The third kappa shape index (κ3) is 3.52. The summed E-state index contributed by atoms with van der Waals surface area (Å²) in [6, 6.07) is 0.144. The van der Waals surface area contributed by atoms with Gasteiger partial charge in [0.2, 0.25) is 0 Å². The van der Waals surface area contributed by atoms with Gasteiger partial charge in [-0.1, -0.05) is 0 Å². The third-order valence-corrected chi connectivity index (χ3v) is 2.67. The van der Waals surface area contributed by atoms with Crippen LogP contribution in [-0.2, 0) is 7.05 Å². The molecule has 0 aromatic carbocycles. The van der Waals surface area contributed by atoms with Crippen LogP contribution in [0.25, 0.3) is 0 Å². The lowest BCUT2D eigenvalue weighted by Crippen LogP contribution is -2.32. The molecule has 0 fully saturated rings. The first-order valence-corrected chi connectivity index (χ1v) is 5.95. The number of nitrogens with one attached hydrogen (secondary N) is 1. The van der Waals surface area contributed by atoms with E-state index in [4.69, 9.17) is 11.6 Å². The van der Waals surface area contributed by atoms with Gasteiger partial charge in [0.05, 0.1) is 11.3 Å². The molecule has 1 heterocycles. The normalized spacial score (nSPS) is 12.5. The van der Waals surface area contributed by atoms with Crippen LogP contribution in [0.1, 0.15) is 35.8 Å². The van der Waals surface area contributed by atoms with Gasteiger partial charge in [-0.3, -0.25) is 9.48 Å². The van der Waals surface area contributed by atoms with Crippen molar-refractivity contribution in [2.75, 3.05) is 5.88 Å². The molecule has 90 valence electrons. The fourth-order valence-electron chi connectivity index (χ4n) is 1.58. The highest BCUT2D eigenvalue weighted by molar-refractivity contribution is 6.17. The molecule has 16 heavy (non-hydrogen) atoms. The number of carbonyl (C=O) groups excluding carboxylic acids is 1. The molecule has 0 aliphatic rings. The van der Waals surface area contributed by atoms with Gasteiger partial charge < -0.3 is 5.32 Å². The fraction of sp³-hybridized carbons (Fsp3) is 0.636. The molecule has 1 amide bonds. The van der Waals surface area contributed by atoms with Crippen LogP contribution in [0.2, 0.25) is 0 Å². The Morgan fingerprint density at radius 1 is 1.69 bits per heavy atom. The Morgan fingerprint density at radius 3 is 2.88 bits per heavy atom. The highest BCUT2D eigenvalue weighted by Crippen LogP contribution is 2.06. The molecule has 5 heteroatoms. The first-order valence-electron chi connectivity index (χ1n) is 5.41. The first kappa shape index (κ1) is 13.0. The molecule has 1 aromatic heterocycles. The summed E-state index contributed by atoms with van der Waals surface area (Å²) in [6.07, 6.45) is 3.54. The number of halogens is 1. The predicted octanol–water partition coefficient (Wildman–Crippen LogP) is 1.87. The molecule has 0 aliphatic carbocycles. The lowest BCUT2D eigenvalue weighted by molar-refractivity contribution is 0.0937. The van der Waals surface area contributed by atoms with Crippen LogP contribution >= 0.6 is 11.6 Å². The van der Waals surface area contributed by atoms with Crippen LogP contribution < -0.4 is 5.32 Å². The molecule has 1 rings (SSSR count). The van der Waals surface area contributed by atoms with Crippen molar-refractivity contribution in [2.45, 2.75) is 32.7 Å². The van der Waals surface area contributed by atoms with Crippen molar-refractivity contribution in [2.24, 2.45) is 7.05 Å². The van der Waals surface area contributed by atoms with Gasteiger partial charge in [0.1, 0.15) is 0 Å². The second-order valence-electron chi connectivity index (χ2n) is 4.01. The van der Waals surface area contributed by atoms with E-state index in [0.29, 0.717) is 11.4 Å². The van der Waals surface area contributed by atoms with E-state index in [0.717, 1.165) is 18.5 Å². The van der Waals surface area contributed by atoms with E-state index in [-0.39, 0.29) is 11.9 Å².